The normalized spacial score (nSPS) is 25.5. The Morgan fingerprint density at radius 1 is 1.47 bits per heavy atom. The van der Waals surface area contributed by atoms with Crippen molar-refractivity contribution in [3.63, 3.8) is 0 Å². The lowest BCUT2D eigenvalue weighted by atomic mass is 9.77. The molecular formula is C13H22ClN3. The summed E-state index contributed by atoms with van der Waals surface area (Å²) in [6.45, 7) is 5.05. The van der Waals surface area contributed by atoms with Crippen molar-refractivity contribution in [3.8, 4) is 0 Å². The second-order valence-electron chi connectivity index (χ2n) is 5.30. The highest BCUT2D eigenvalue weighted by molar-refractivity contribution is 6.31. The fourth-order valence-corrected chi connectivity index (χ4v) is 3.23. The minimum absolute atomic E-state index is 0.359. The molecule has 0 spiro atoms. The molecule has 3 nitrogen and oxygen atoms in total. The van der Waals surface area contributed by atoms with Crippen LogP contribution in [0.1, 0.15) is 57.2 Å². The maximum atomic E-state index is 6.32. The van der Waals surface area contributed by atoms with E-state index in [1.165, 1.54) is 31.4 Å². The lowest BCUT2D eigenvalue weighted by Crippen LogP contribution is -2.27. The SMILES string of the molecule is CC(C)n1ncc(Cl)c1C1CCCCC1CN. The van der Waals surface area contributed by atoms with E-state index in [2.05, 4.69) is 23.6 Å². The number of aromatic nitrogens is 2. The van der Waals surface area contributed by atoms with Gasteiger partial charge in [0.2, 0.25) is 0 Å². The van der Waals surface area contributed by atoms with E-state index < -0.39 is 0 Å². The van der Waals surface area contributed by atoms with Crippen molar-refractivity contribution in [2.45, 2.75) is 51.5 Å². The van der Waals surface area contributed by atoms with Crippen LogP contribution in [0.15, 0.2) is 6.20 Å². The van der Waals surface area contributed by atoms with Crippen LogP contribution < -0.4 is 5.73 Å². The van der Waals surface area contributed by atoms with Crippen molar-refractivity contribution in [2.75, 3.05) is 6.54 Å². The van der Waals surface area contributed by atoms with E-state index in [0.29, 0.717) is 17.9 Å². The summed E-state index contributed by atoms with van der Waals surface area (Å²) < 4.78 is 2.07. The van der Waals surface area contributed by atoms with Crippen LogP contribution in [0.3, 0.4) is 0 Å². The van der Waals surface area contributed by atoms with Crippen LogP contribution in [0.4, 0.5) is 0 Å². The zero-order chi connectivity index (χ0) is 12.4. The van der Waals surface area contributed by atoms with E-state index >= 15 is 0 Å². The average molecular weight is 256 g/mol. The molecule has 1 fully saturated rings. The summed E-state index contributed by atoms with van der Waals surface area (Å²) in [5, 5.41) is 5.21. The van der Waals surface area contributed by atoms with Gasteiger partial charge in [-0.05, 0) is 39.2 Å². The van der Waals surface area contributed by atoms with Crippen molar-refractivity contribution >= 4 is 11.6 Å². The zero-order valence-corrected chi connectivity index (χ0v) is 11.5. The highest BCUT2D eigenvalue weighted by Crippen LogP contribution is 2.40. The quantitative estimate of drug-likeness (QED) is 0.900. The Morgan fingerprint density at radius 3 is 2.82 bits per heavy atom. The van der Waals surface area contributed by atoms with E-state index in [1.54, 1.807) is 6.20 Å². The first-order valence-electron chi connectivity index (χ1n) is 6.58. The number of nitrogens with two attached hydrogens (primary N) is 1. The standard InChI is InChI=1S/C13H22ClN3/c1-9(2)17-13(12(14)8-16-17)11-6-4-3-5-10(11)7-15/h8-11H,3-7,15H2,1-2H3. The Morgan fingerprint density at radius 2 is 2.18 bits per heavy atom. The molecule has 2 N–H and O–H groups in total. The first-order chi connectivity index (χ1) is 8.15. The van der Waals surface area contributed by atoms with Gasteiger partial charge in [0.05, 0.1) is 16.9 Å². The van der Waals surface area contributed by atoms with Gasteiger partial charge in [-0.25, -0.2) is 0 Å². The fourth-order valence-electron chi connectivity index (χ4n) is 2.96. The molecule has 2 unspecified atom stereocenters. The molecule has 96 valence electrons. The number of hydrogen-bond acceptors (Lipinski definition) is 2. The molecule has 0 amide bonds. The van der Waals surface area contributed by atoms with Crippen LogP contribution in [0.25, 0.3) is 0 Å². The minimum atomic E-state index is 0.359. The predicted molar refractivity (Wildman–Crippen MR) is 71.4 cm³/mol. The average Bonchev–Trinajstić information content (AvgIpc) is 2.71. The number of hydrogen-bond donors (Lipinski definition) is 1. The Balaban J connectivity index is 2.33. The van der Waals surface area contributed by atoms with Gasteiger partial charge in [-0.3, -0.25) is 4.68 Å². The Kier molecular flexibility index (Phi) is 4.10. The first kappa shape index (κ1) is 12.9. The van der Waals surface area contributed by atoms with Gasteiger partial charge in [-0.15, -0.1) is 0 Å². The molecule has 1 aromatic heterocycles. The van der Waals surface area contributed by atoms with Crippen molar-refractivity contribution in [3.05, 3.63) is 16.9 Å². The third-order valence-electron chi connectivity index (χ3n) is 3.84. The predicted octanol–water partition coefficient (Wildman–Crippen LogP) is 3.35. The van der Waals surface area contributed by atoms with Crippen LogP contribution in [-0.4, -0.2) is 16.3 Å². The van der Waals surface area contributed by atoms with E-state index in [9.17, 15) is 0 Å². The van der Waals surface area contributed by atoms with Gasteiger partial charge in [0.25, 0.3) is 0 Å². The Hall–Kier alpha value is -0.540. The van der Waals surface area contributed by atoms with Gasteiger partial charge in [-0.2, -0.15) is 5.10 Å². The summed E-state index contributed by atoms with van der Waals surface area (Å²) in [6.07, 6.45) is 6.77. The molecule has 1 heterocycles. The lowest BCUT2D eigenvalue weighted by molar-refractivity contribution is 0.296. The molecular weight excluding hydrogens is 234 g/mol. The molecule has 1 aromatic rings. The second-order valence-corrected chi connectivity index (χ2v) is 5.71. The molecule has 2 atom stereocenters. The Labute approximate surface area is 108 Å². The third-order valence-corrected chi connectivity index (χ3v) is 4.13. The van der Waals surface area contributed by atoms with Gasteiger partial charge >= 0.3 is 0 Å². The highest BCUT2D eigenvalue weighted by atomic mass is 35.5. The van der Waals surface area contributed by atoms with Crippen LogP contribution in [0.5, 0.6) is 0 Å². The largest absolute Gasteiger partial charge is 0.330 e. The number of halogens is 1. The van der Waals surface area contributed by atoms with E-state index in [-0.39, 0.29) is 0 Å². The van der Waals surface area contributed by atoms with Crippen LogP contribution in [0, 0.1) is 5.92 Å². The summed E-state index contributed by atoms with van der Waals surface area (Å²) in [7, 11) is 0. The first-order valence-corrected chi connectivity index (χ1v) is 6.96. The molecule has 0 aromatic carbocycles. The third kappa shape index (κ3) is 2.50. The van der Waals surface area contributed by atoms with Crippen molar-refractivity contribution in [1.82, 2.24) is 9.78 Å². The maximum absolute atomic E-state index is 6.32. The molecule has 1 aliphatic rings. The van der Waals surface area contributed by atoms with Gasteiger partial charge in [0, 0.05) is 12.0 Å². The van der Waals surface area contributed by atoms with Crippen molar-refractivity contribution in [1.29, 1.82) is 0 Å². The molecule has 0 aliphatic heterocycles. The number of nitrogens with zero attached hydrogens (tertiary/aromatic N) is 2. The smallest absolute Gasteiger partial charge is 0.0820 e. The molecule has 4 heteroatoms. The second kappa shape index (κ2) is 5.40. The number of rotatable bonds is 3. The van der Waals surface area contributed by atoms with E-state index in [1.807, 2.05) is 0 Å². The molecule has 2 rings (SSSR count). The van der Waals surface area contributed by atoms with E-state index in [0.717, 1.165) is 11.6 Å². The molecule has 17 heavy (non-hydrogen) atoms. The highest BCUT2D eigenvalue weighted by Gasteiger charge is 2.30. The molecule has 0 saturated heterocycles. The Bertz CT molecular complexity index is 373. The minimum Gasteiger partial charge on any atom is -0.330 e. The van der Waals surface area contributed by atoms with Gasteiger partial charge in [0.15, 0.2) is 0 Å². The van der Waals surface area contributed by atoms with Crippen LogP contribution in [0.2, 0.25) is 5.02 Å². The fraction of sp³-hybridized carbons (Fsp3) is 0.769. The lowest BCUT2D eigenvalue weighted by Gasteiger charge is -2.32. The molecule has 1 saturated carbocycles. The molecule has 0 bridgehead atoms. The van der Waals surface area contributed by atoms with Gasteiger partial charge in [0.1, 0.15) is 0 Å². The van der Waals surface area contributed by atoms with Gasteiger partial charge in [-0.1, -0.05) is 24.4 Å². The summed E-state index contributed by atoms with van der Waals surface area (Å²) in [5.74, 6) is 1.06. The monoisotopic (exact) mass is 255 g/mol. The summed E-state index contributed by atoms with van der Waals surface area (Å²) in [4.78, 5) is 0. The van der Waals surface area contributed by atoms with E-state index in [4.69, 9.17) is 17.3 Å². The zero-order valence-electron chi connectivity index (χ0n) is 10.7. The van der Waals surface area contributed by atoms with Crippen molar-refractivity contribution < 1.29 is 0 Å². The molecule has 0 radical (unpaired) electrons. The maximum Gasteiger partial charge on any atom is 0.0820 e. The summed E-state index contributed by atoms with van der Waals surface area (Å²) in [6, 6.07) is 0.359. The van der Waals surface area contributed by atoms with Crippen molar-refractivity contribution in [2.24, 2.45) is 11.7 Å². The van der Waals surface area contributed by atoms with Gasteiger partial charge < -0.3 is 5.73 Å². The topological polar surface area (TPSA) is 43.8 Å². The van der Waals surface area contributed by atoms with Crippen LogP contribution in [-0.2, 0) is 0 Å². The molecule has 1 aliphatic carbocycles. The van der Waals surface area contributed by atoms with Crippen LogP contribution >= 0.6 is 11.6 Å². The summed E-state index contributed by atoms with van der Waals surface area (Å²) in [5.41, 5.74) is 7.11. The summed E-state index contributed by atoms with van der Waals surface area (Å²) >= 11 is 6.32.